The summed E-state index contributed by atoms with van der Waals surface area (Å²) < 4.78 is 0.729. The normalized spacial score (nSPS) is 16.9. The lowest BCUT2D eigenvalue weighted by atomic mass is 9.77. The third kappa shape index (κ3) is 2.41. The minimum Gasteiger partial charge on any atom is -0.309 e. The van der Waals surface area contributed by atoms with Gasteiger partial charge >= 0.3 is 0 Å². The minimum atomic E-state index is -0.00405. The number of hydrogen-bond acceptors (Lipinski definition) is 2. The molecular formula is C16H17IN2O. The Morgan fingerprint density at radius 3 is 2.85 bits per heavy atom. The van der Waals surface area contributed by atoms with Gasteiger partial charge in [0.25, 0.3) is 5.56 Å². The lowest BCUT2D eigenvalue weighted by Gasteiger charge is -2.29. The van der Waals surface area contributed by atoms with E-state index < -0.39 is 0 Å². The molecule has 1 heterocycles. The van der Waals surface area contributed by atoms with Crippen molar-refractivity contribution in [2.24, 2.45) is 5.92 Å². The standard InChI is InChI=1S/C16H17IN2O/c1-9(2)7-13-14(17)16(20)19-15(18-13)12-8-10-5-3-4-6-11(10)12/h3-6,9,12H,7-8H2,1-2H3,(H,18,19,20). The molecule has 0 amide bonds. The molecule has 1 aliphatic rings. The molecule has 0 bridgehead atoms. The third-order valence-corrected chi connectivity index (χ3v) is 4.85. The van der Waals surface area contributed by atoms with Crippen molar-refractivity contribution in [3.05, 3.63) is 60.8 Å². The van der Waals surface area contributed by atoms with Gasteiger partial charge in [-0.15, -0.1) is 0 Å². The monoisotopic (exact) mass is 380 g/mol. The zero-order valence-electron chi connectivity index (χ0n) is 11.6. The summed E-state index contributed by atoms with van der Waals surface area (Å²) in [5.41, 5.74) is 3.59. The maximum Gasteiger partial charge on any atom is 0.264 e. The predicted molar refractivity (Wildman–Crippen MR) is 88.1 cm³/mol. The molecule has 1 unspecified atom stereocenters. The number of aromatic amines is 1. The SMILES string of the molecule is CC(C)Cc1nc(C2Cc3ccccc32)[nH]c(=O)c1I. The van der Waals surface area contributed by atoms with E-state index in [1.54, 1.807) is 0 Å². The number of nitrogens with zero attached hydrogens (tertiary/aromatic N) is 1. The van der Waals surface area contributed by atoms with Crippen LogP contribution >= 0.6 is 22.6 Å². The van der Waals surface area contributed by atoms with E-state index in [0.29, 0.717) is 5.92 Å². The Balaban J connectivity index is 2.00. The van der Waals surface area contributed by atoms with Gasteiger partial charge in [-0.05, 0) is 52.5 Å². The van der Waals surface area contributed by atoms with Crippen molar-refractivity contribution >= 4 is 22.6 Å². The summed E-state index contributed by atoms with van der Waals surface area (Å²) in [7, 11) is 0. The number of hydrogen-bond donors (Lipinski definition) is 1. The summed E-state index contributed by atoms with van der Waals surface area (Å²) in [5.74, 6) is 1.57. The first-order valence-corrected chi connectivity index (χ1v) is 8.00. The Kier molecular flexibility index (Phi) is 3.67. The average molecular weight is 380 g/mol. The Morgan fingerprint density at radius 2 is 2.15 bits per heavy atom. The largest absolute Gasteiger partial charge is 0.309 e. The van der Waals surface area contributed by atoms with Crippen molar-refractivity contribution in [1.29, 1.82) is 0 Å². The van der Waals surface area contributed by atoms with E-state index in [2.05, 4.69) is 59.6 Å². The Hall–Kier alpha value is -1.17. The lowest BCUT2D eigenvalue weighted by Crippen LogP contribution is -2.26. The Bertz CT molecular complexity index is 706. The molecule has 20 heavy (non-hydrogen) atoms. The van der Waals surface area contributed by atoms with Gasteiger partial charge in [-0.3, -0.25) is 4.79 Å². The molecule has 1 aromatic heterocycles. The van der Waals surface area contributed by atoms with Crippen molar-refractivity contribution in [3.8, 4) is 0 Å². The van der Waals surface area contributed by atoms with Crippen molar-refractivity contribution in [3.63, 3.8) is 0 Å². The second kappa shape index (κ2) is 5.31. The van der Waals surface area contributed by atoms with E-state index in [4.69, 9.17) is 4.98 Å². The summed E-state index contributed by atoms with van der Waals surface area (Å²) in [6.07, 6.45) is 1.82. The molecule has 0 saturated heterocycles. The van der Waals surface area contributed by atoms with E-state index in [1.807, 2.05) is 6.07 Å². The van der Waals surface area contributed by atoms with Gasteiger partial charge in [0.2, 0.25) is 0 Å². The maximum absolute atomic E-state index is 12.1. The van der Waals surface area contributed by atoms with Crippen molar-refractivity contribution in [2.75, 3.05) is 0 Å². The van der Waals surface area contributed by atoms with Gasteiger partial charge in [0.05, 0.1) is 9.26 Å². The molecular weight excluding hydrogens is 363 g/mol. The number of fused-ring (bicyclic) bond motifs is 1. The van der Waals surface area contributed by atoms with E-state index in [1.165, 1.54) is 11.1 Å². The first kappa shape index (κ1) is 13.8. The fourth-order valence-corrected chi connectivity index (χ4v) is 3.19. The highest BCUT2D eigenvalue weighted by Crippen LogP contribution is 2.38. The Morgan fingerprint density at radius 1 is 1.40 bits per heavy atom. The van der Waals surface area contributed by atoms with Crippen molar-refractivity contribution in [2.45, 2.75) is 32.6 Å². The summed E-state index contributed by atoms with van der Waals surface area (Å²) >= 11 is 2.10. The molecule has 0 radical (unpaired) electrons. The van der Waals surface area contributed by atoms with E-state index in [-0.39, 0.29) is 11.5 Å². The van der Waals surface area contributed by atoms with E-state index in [9.17, 15) is 4.79 Å². The molecule has 1 aromatic carbocycles. The van der Waals surface area contributed by atoms with Gasteiger partial charge in [0.15, 0.2) is 0 Å². The number of halogens is 1. The lowest BCUT2D eigenvalue weighted by molar-refractivity contribution is 0.606. The smallest absolute Gasteiger partial charge is 0.264 e. The van der Waals surface area contributed by atoms with Crippen LogP contribution in [0.2, 0.25) is 0 Å². The van der Waals surface area contributed by atoms with Gasteiger partial charge < -0.3 is 4.98 Å². The molecule has 3 nitrogen and oxygen atoms in total. The van der Waals surface area contributed by atoms with Crippen LogP contribution in [0.15, 0.2) is 29.1 Å². The second-order valence-electron chi connectivity index (χ2n) is 5.77. The van der Waals surface area contributed by atoms with Crippen LogP contribution in [-0.2, 0) is 12.8 Å². The number of nitrogens with one attached hydrogen (secondary N) is 1. The van der Waals surface area contributed by atoms with Crippen LogP contribution in [0, 0.1) is 9.49 Å². The Labute approximate surface area is 132 Å². The quantitative estimate of drug-likeness (QED) is 0.831. The van der Waals surface area contributed by atoms with Gasteiger partial charge in [-0.2, -0.15) is 0 Å². The number of aromatic nitrogens is 2. The fourth-order valence-electron chi connectivity index (χ4n) is 2.71. The first-order chi connectivity index (χ1) is 9.56. The molecule has 2 aromatic rings. The summed E-state index contributed by atoms with van der Waals surface area (Å²) in [4.78, 5) is 19.8. The van der Waals surface area contributed by atoms with Crippen LogP contribution in [-0.4, -0.2) is 9.97 Å². The molecule has 104 valence electrons. The fraction of sp³-hybridized carbons (Fsp3) is 0.375. The number of H-pyrrole nitrogens is 1. The molecule has 1 atom stereocenters. The second-order valence-corrected chi connectivity index (χ2v) is 6.84. The van der Waals surface area contributed by atoms with Crippen LogP contribution in [0.25, 0.3) is 0 Å². The maximum atomic E-state index is 12.1. The van der Waals surface area contributed by atoms with E-state index >= 15 is 0 Å². The van der Waals surface area contributed by atoms with E-state index in [0.717, 1.165) is 27.9 Å². The summed E-state index contributed by atoms with van der Waals surface area (Å²) in [6, 6.07) is 8.38. The topological polar surface area (TPSA) is 45.8 Å². The van der Waals surface area contributed by atoms with Crippen LogP contribution < -0.4 is 5.56 Å². The molecule has 1 aliphatic carbocycles. The van der Waals surface area contributed by atoms with Crippen molar-refractivity contribution in [1.82, 2.24) is 9.97 Å². The number of rotatable bonds is 3. The molecule has 4 heteroatoms. The highest BCUT2D eigenvalue weighted by molar-refractivity contribution is 14.1. The van der Waals surface area contributed by atoms with Crippen LogP contribution in [0.1, 0.15) is 42.4 Å². The predicted octanol–water partition coefficient (Wildman–Crippen LogP) is 3.26. The van der Waals surface area contributed by atoms with Gasteiger partial charge in [-0.25, -0.2) is 4.98 Å². The van der Waals surface area contributed by atoms with Crippen LogP contribution in [0.3, 0.4) is 0 Å². The van der Waals surface area contributed by atoms with Gasteiger partial charge in [0.1, 0.15) is 5.82 Å². The molecule has 0 fully saturated rings. The zero-order valence-corrected chi connectivity index (χ0v) is 13.8. The van der Waals surface area contributed by atoms with Crippen molar-refractivity contribution < 1.29 is 0 Å². The summed E-state index contributed by atoms with van der Waals surface area (Å²) in [6.45, 7) is 4.30. The highest BCUT2D eigenvalue weighted by Gasteiger charge is 2.29. The minimum absolute atomic E-state index is 0.00405. The van der Waals surface area contributed by atoms with Crippen LogP contribution in [0.5, 0.6) is 0 Å². The third-order valence-electron chi connectivity index (χ3n) is 3.74. The molecule has 0 saturated carbocycles. The first-order valence-electron chi connectivity index (χ1n) is 6.92. The average Bonchev–Trinajstić information content (AvgIpc) is 2.36. The molecule has 3 rings (SSSR count). The highest BCUT2D eigenvalue weighted by atomic mass is 127. The molecule has 0 aliphatic heterocycles. The molecule has 0 spiro atoms. The number of benzene rings is 1. The van der Waals surface area contributed by atoms with Crippen LogP contribution in [0.4, 0.5) is 0 Å². The van der Waals surface area contributed by atoms with Gasteiger partial charge in [0, 0.05) is 5.92 Å². The summed E-state index contributed by atoms with van der Waals surface area (Å²) in [5, 5.41) is 0. The molecule has 1 N–H and O–H groups in total. The van der Waals surface area contributed by atoms with Gasteiger partial charge in [-0.1, -0.05) is 38.1 Å². The zero-order chi connectivity index (χ0) is 14.3.